The van der Waals surface area contributed by atoms with Gasteiger partial charge in [0, 0.05) is 21.1 Å². The zero-order valence-electron chi connectivity index (χ0n) is 12.1. The van der Waals surface area contributed by atoms with E-state index in [-0.39, 0.29) is 26.1 Å². The van der Waals surface area contributed by atoms with E-state index >= 15 is 0 Å². The Hall–Kier alpha value is -2.60. The molecule has 0 radical (unpaired) electrons. The van der Waals surface area contributed by atoms with Crippen LogP contribution in [-0.2, 0) is 4.79 Å². The molecule has 1 N–H and O–H groups in total. The summed E-state index contributed by atoms with van der Waals surface area (Å²) in [4.78, 5) is 35.9. The van der Waals surface area contributed by atoms with Gasteiger partial charge in [0.1, 0.15) is 6.20 Å². The Labute approximate surface area is 156 Å². The van der Waals surface area contributed by atoms with Gasteiger partial charge in [-0.2, -0.15) is 0 Å². The molecule has 0 bridgehead atoms. The minimum atomic E-state index is -0.725. The number of benzene rings is 1. The van der Waals surface area contributed by atoms with Gasteiger partial charge in [-0.1, -0.05) is 0 Å². The van der Waals surface area contributed by atoms with Crippen molar-refractivity contribution in [1.29, 1.82) is 0 Å². The molecule has 1 aromatic heterocycles. The predicted molar refractivity (Wildman–Crippen MR) is 93.5 cm³/mol. The van der Waals surface area contributed by atoms with Crippen LogP contribution in [0.5, 0.6) is 5.75 Å². The number of carbonyl (C=O) groups excluding carboxylic acids is 1. The van der Waals surface area contributed by atoms with Crippen LogP contribution in [0, 0.1) is 20.2 Å². The van der Waals surface area contributed by atoms with Crippen LogP contribution < -0.4 is 10.1 Å². The van der Waals surface area contributed by atoms with E-state index in [1.165, 1.54) is 30.5 Å². The molecule has 0 saturated heterocycles. The number of hydrogen-bond donors (Lipinski definition) is 1. The summed E-state index contributed by atoms with van der Waals surface area (Å²) in [6.07, 6.45) is 1.23. The number of pyridine rings is 1. The molecule has 25 heavy (non-hydrogen) atoms. The molecule has 0 aliphatic heterocycles. The van der Waals surface area contributed by atoms with E-state index in [2.05, 4.69) is 42.2 Å². The molecule has 1 aromatic carbocycles. The Morgan fingerprint density at radius 3 is 2.40 bits per heavy atom. The van der Waals surface area contributed by atoms with Gasteiger partial charge in [-0.15, -0.1) is 0 Å². The molecule has 0 aliphatic carbocycles. The molecule has 10 nitrogen and oxygen atoms in total. The van der Waals surface area contributed by atoms with Crippen LogP contribution in [0.15, 0.2) is 39.4 Å². The first-order valence-electron chi connectivity index (χ1n) is 6.45. The number of ether oxygens (including phenoxy) is 1. The fraction of sp³-hybridized carbons (Fsp3) is 0.0769. The van der Waals surface area contributed by atoms with E-state index in [0.29, 0.717) is 0 Å². The molecular weight excluding hydrogens is 468 g/mol. The van der Waals surface area contributed by atoms with Crippen molar-refractivity contribution in [1.82, 2.24) is 4.98 Å². The van der Waals surface area contributed by atoms with Crippen molar-refractivity contribution in [2.45, 2.75) is 0 Å². The number of nitro benzene ring substituents is 1. The topological polar surface area (TPSA) is 138 Å². The summed E-state index contributed by atoms with van der Waals surface area (Å²) in [6, 6.07) is 5.21. The highest BCUT2D eigenvalue weighted by Crippen LogP contribution is 2.35. The first-order valence-corrected chi connectivity index (χ1v) is 8.03. The van der Waals surface area contributed by atoms with E-state index in [1.54, 1.807) is 0 Å². The van der Waals surface area contributed by atoms with E-state index in [4.69, 9.17) is 4.74 Å². The molecular formula is C13H8Br2N4O6. The van der Waals surface area contributed by atoms with Gasteiger partial charge in [-0.25, -0.2) is 0 Å². The molecule has 0 unspecified atom stereocenters. The monoisotopic (exact) mass is 474 g/mol. The summed E-state index contributed by atoms with van der Waals surface area (Å²) in [7, 11) is 0. The van der Waals surface area contributed by atoms with Gasteiger partial charge in [-0.05, 0) is 53.9 Å². The average molecular weight is 476 g/mol. The Morgan fingerprint density at radius 1 is 1.20 bits per heavy atom. The molecule has 130 valence electrons. The first kappa shape index (κ1) is 18.7. The number of non-ortho nitro benzene ring substituents is 1. The van der Waals surface area contributed by atoms with Gasteiger partial charge in [0.25, 0.3) is 11.6 Å². The normalized spacial score (nSPS) is 10.2. The third kappa shape index (κ3) is 4.70. The zero-order valence-corrected chi connectivity index (χ0v) is 15.3. The summed E-state index contributed by atoms with van der Waals surface area (Å²) in [5.74, 6) is -1.27. The van der Waals surface area contributed by atoms with Crippen LogP contribution in [0.4, 0.5) is 17.2 Å². The van der Waals surface area contributed by atoms with Crippen molar-refractivity contribution in [3.63, 3.8) is 0 Å². The number of nitro groups is 2. The Bertz CT molecular complexity index is 837. The van der Waals surface area contributed by atoms with Gasteiger partial charge in [0.2, 0.25) is 5.75 Å². The predicted octanol–water partition coefficient (Wildman–Crippen LogP) is 3.44. The second-order valence-corrected chi connectivity index (χ2v) is 6.17. The maximum atomic E-state index is 12.0. The van der Waals surface area contributed by atoms with Crippen LogP contribution in [0.25, 0.3) is 0 Å². The third-order valence-electron chi connectivity index (χ3n) is 2.78. The molecule has 0 saturated carbocycles. The number of carbonyl (C=O) groups is 1. The fourth-order valence-corrected chi connectivity index (χ4v) is 3.10. The Morgan fingerprint density at radius 2 is 1.84 bits per heavy atom. The van der Waals surface area contributed by atoms with E-state index in [1.807, 2.05) is 0 Å². The number of halogens is 2. The van der Waals surface area contributed by atoms with Crippen molar-refractivity contribution in [2.75, 3.05) is 11.9 Å². The Balaban J connectivity index is 2.09. The van der Waals surface area contributed by atoms with Gasteiger partial charge in [0.05, 0.1) is 10.6 Å². The summed E-state index contributed by atoms with van der Waals surface area (Å²) in [6.45, 7) is -0.512. The molecule has 2 rings (SSSR count). The number of anilines is 1. The summed E-state index contributed by atoms with van der Waals surface area (Å²) in [5, 5.41) is 24.1. The number of nitrogens with one attached hydrogen (secondary N) is 1. The van der Waals surface area contributed by atoms with E-state index in [0.717, 1.165) is 0 Å². The average Bonchev–Trinajstić information content (AvgIpc) is 2.56. The quantitative estimate of drug-likeness (QED) is 0.498. The highest BCUT2D eigenvalue weighted by atomic mass is 79.9. The van der Waals surface area contributed by atoms with Crippen molar-refractivity contribution in [2.24, 2.45) is 0 Å². The Kier molecular flexibility index (Phi) is 5.98. The minimum absolute atomic E-state index is 0.149. The fourth-order valence-electron chi connectivity index (χ4n) is 1.74. The van der Waals surface area contributed by atoms with Gasteiger partial charge < -0.3 is 20.2 Å². The largest absolute Gasteiger partial charge is 0.476 e. The van der Waals surface area contributed by atoms with Crippen molar-refractivity contribution in [3.05, 3.63) is 59.6 Å². The number of rotatable bonds is 6. The summed E-state index contributed by atoms with van der Waals surface area (Å²) < 4.78 is 5.69. The standard InChI is InChI=1S/C13H8Br2N4O6/c14-8-4-7(18(21)22)5-9(15)12(8)17-11(20)6-25-10-2-1-3-16-13(10)19(23)24/h1-5H,6H2,(H,17,20). The lowest BCUT2D eigenvalue weighted by Crippen LogP contribution is -2.21. The van der Waals surface area contributed by atoms with Crippen LogP contribution in [0.3, 0.4) is 0 Å². The van der Waals surface area contributed by atoms with Crippen molar-refractivity contribution in [3.8, 4) is 5.75 Å². The lowest BCUT2D eigenvalue weighted by Gasteiger charge is -2.10. The first-order chi connectivity index (χ1) is 11.8. The minimum Gasteiger partial charge on any atom is -0.476 e. The zero-order chi connectivity index (χ0) is 18.6. The maximum Gasteiger partial charge on any atom is 0.406 e. The second-order valence-electron chi connectivity index (χ2n) is 4.46. The SMILES string of the molecule is O=C(COc1cccnc1[N+](=O)[O-])Nc1c(Br)cc([N+](=O)[O-])cc1Br. The van der Waals surface area contributed by atoms with Crippen molar-refractivity contribution < 1.29 is 19.4 Å². The maximum absolute atomic E-state index is 12.0. The molecule has 1 heterocycles. The summed E-state index contributed by atoms with van der Waals surface area (Å²) in [5.41, 5.74) is 0.0962. The van der Waals surface area contributed by atoms with Crippen molar-refractivity contribution >= 4 is 55.0 Å². The number of amides is 1. The highest BCUT2D eigenvalue weighted by Gasteiger charge is 2.19. The molecule has 2 aromatic rings. The summed E-state index contributed by atoms with van der Waals surface area (Å²) >= 11 is 6.26. The number of aromatic nitrogens is 1. The van der Waals surface area contributed by atoms with Crippen LogP contribution in [-0.4, -0.2) is 27.3 Å². The van der Waals surface area contributed by atoms with Crippen LogP contribution in [0.1, 0.15) is 0 Å². The lowest BCUT2D eigenvalue weighted by molar-refractivity contribution is -0.390. The number of hydrogen-bond acceptors (Lipinski definition) is 7. The van der Waals surface area contributed by atoms with E-state index < -0.39 is 28.2 Å². The molecule has 0 aliphatic rings. The molecule has 0 fully saturated rings. The van der Waals surface area contributed by atoms with Gasteiger partial charge >= 0.3 is 5.82 Å². The van der Waals surface area contributed by atoms with Gasteiger partial charge in [-0.3, -0.25) is 14.9 Å². The van der Waals surface area contributed by atoms with Crippen LogP contribution in [0.2, 0.25) is 0 Å². The second kappa shape index (κ2) is 7.98. The van der Waals surface area contributed by atoms with Gasteiger partial charge in [0.15, 0.2) is 6.61 Å². The van der Waals surface area contributed by atoms with Crippen LogP contribution >= 0.6 is 31.9 Å². The highest BCUT2D eigenvalue weighted by molar-refractivity contribution is 9.11. The molecule has 12 heteroatoms. The van der Waals surface area contributed by atoms with E-state index in [9.17, 15) is 25.0 Å². The number of nitrogens with zero attached hydrogens (tertiary/aromatic N) is 3. The molecule has 0 atom stereocenters. The third-order valence-corrected chi connectivity index (χ3v) is 4.04. The molecule has 0 spiro atoms. The molecule has 1 amide bonds. The smallest absolute Gasteiger partial charge is 0.406 e. The lowest BCUT2D eigenvalue weighted by atomic mass is 10.3.